The van der Waals surface area contributed by atoms with E-state index in [1.54, 1.807) is 0 Å². The molecule has 5 nitrogen and oxygen atoms in total. The predicted molar refractivity (Wildman–Crippen MR) is 77.0 cm³/mol. The Bertz CT molecular complexity index is 632. The minimum Gasteiger partial charge on any atom is -0.306 e. The molecule has 0 aliphatic carbocycles. The maximum absolute atomic E-state index is 12.4. The standard InChI is InChI=1S/C13H16ClN3O2S/c1-17-6-4-11(5-7-17)16-20(18,19)13-8-10(9-15)2-3-12(13)14/h2-3,8,11,16H,4-7H2,1H3. The highest BCUT2D eigenvalue weighted by Crippen LogP contribution is 2.23. The molecule has 0 aromatic heterocycles. The summed E-state index contributed by atoms with van der Waals surface area (Å²) in [4.78, 5) is 2.13. The van der Waals surface area contributed by atoms with Crippen molar-refractivity contribution in [2.75, 3.05) is 20.1 Å². The van der Waals surface area contributed by atoms with Crippen molar-refractivity contribution in [2.24, 2.45) is 0 Å². The van der Waals surface area contributed by atoms with Crippen LogP contribution >= 0.6 is 11.6 Å². The van der Waals surface area contributed by atoms with Crippen LogP contribution in [0.1, 0.15) is 18.4 Å². The first-order valence-corrected chi connectivity index (χ1v) is 8.19. The molecule has 0 unspecified atom stereocenters. The molecule has 2 rings (SSSR count). The maximum atomic E-state index is 12.4. The van der Waals surface area contributed by atoms with Gasteiger partial charge < -0.3 is 4.90 Å². The summed E-state index contributed by atoms with van der Waals surface area (Å²) in [6.45, 7) is 1.72. The molecule has 1 heterocycles. The van der Waals surface area contributed by atoms with Crippen molar-refractivity contribution in [3.8, 4) is 6.07 Å². The first-order chi connectivity index (χ1) is 9.42. The molecule has 1 aromatic carbocycles. The van der Waals surface area contributed by atoms with Gasteiger partial charge in [-0.25, -0.2) is 13.1 Å². The SMILES string of the molecule is CN1CCC(NS(=O)(=O)c2cc(C#N)ccc2Cl)CC1. The molecule has 0 atom stereocenters. The molecule has 1 aromatic rings. The molecule has 20 heavy (non-hydrogen) atoms. The van der Waals surface area contributed by atoms with Crippen LogP contribution in [-0.4, -0.2) is 39.5 Å². The molecule has 0 radical (unpaired) electrons. The fourth-order valence-electron chi connectivity index (χ4n) is 2.19. The summed E-state index contributed by atoms with van der Waals surface area (Å²) in [6, 6.07) is 6.07. The third-order valence-electron chi connectivity index (χ3n) is 3.39. The van der Waals surface area contributed by atoms with Gasteiger partial charge in [-0.15, -0.1) is 0 Å². The van der Waals surface area contributed by atoms with Gasteiger partial charge in [-0.3, -0.25) is 0 Å². The summed E-state index contributed by atoms with van der Waals surface area (Å²) in [7, 11) is -1.68. The van der Waals surface area contributed by atoms with Gasteiger partial charge in [-0.1, -0.05) is 11.6 Å². The molecule has 1 aliphatic rings. The number of piperidine rings is 1. The second kappa shape index (κ2) is 6.10. The molecular formula is C13H16ClN3O2S. The van der Waals surface area contributed by atoms with E-state index in [1.165, 1.54) is 18.2 Å². The van der Waals surface area contributed by atoms with E-state index in [1.807, 2.05) is 13.1 Å². The van der Waals surface area contributed by atoms with E-state index >= 15 is 0 Å². The molecular weight excluding hydrogens is 298 g/mol. The van der Waals surface area contributed by atoms with Crippen molar-refractivity contribution in [1.29, 1.82) is 5.26 Å². The normalized spacial score (nSPS) is 17.9. The lowest BCUT2D eigenvalue weighted by molar-refractivity contribution is 0.248. The van der Waals surface area contributed by atoms with E-state index < -0.39 is 10.0 Å². The van der Waals surface area contributed by atoms with Gasteiger partial charge in [0, 0.05) is 6.04 Å². The monoisotopic (exact) mass is 313 g/mol. The fourth-order valence-corrected chi connectivity index (χ4v) is 4.02. The highest BCUT2D eigenvalue weighted by molar-refractivity contribution is 7.89. The summed E-state index contributed by atoms with van der Waals surface area (Å²) in [5, 5.41) is 8.98. The molecule has 108 valence electrons. The van der Waals surface area contributed by atoms with Gasteiger partial charge in [0.05, 0.1) is 16.7 Å². The Labute approximate surface area is 124 Å². The number of halogens is 1. The van der Waals surface area contributed by atoms with Crippen LogP contribution in [0.3, 0.4) is 0 Å². The second-order valence-corrected chi connectivity index (χ2v) is 7.05. The van der Waals surface area contributed by atoms with Gasteiger partial charge in [0.1, 0.15) is 4.90 Å². The van der Waals surface area contributed by atoms with Gasteiger partial charge in [0.15, 0.2) is 0 Å². The van der Waals surface area contributed by atoms with Gasteiger partial charge in [0.25, 0.3) is 0 Å². The van der Waals surface area contributed by atoms with E-state index in [4.69, 9.17) is 16.9 Å². The molecule has 0 amide bonds. The van der Waals surface area contributed by atoms with Gasteiger partial charge in [-0.2, -0.15) is 5.26 Å². The van der Waals surface area contributed by atoms with Crippen LogP contribution in [0.4, 0.5) is 0 Å². The van der Waals surface area contributed by atoms with E-state index in [9.17, 15) is 8.42 Å². The van der Waals surface area contributed by atoms with Crippen LogP contribution in [0, 0.1) is 11.3 Å². The highest BCUT2D eigenvalue weighted by Gasteiger charge is 2.25. The number of nitrogens with one attached hydrogen (secondary N) is 1. The lowest BCUT2D eigenvalue weighted by atomic mass is 10.1. The Morgan fingerprint density at radius 1 is 1.40 bits per heavy atom. The van der Waals surface area contributed by atoms with Crippen molar-refractivity contribution < 1.29 is 8.42 Å². The zero-order valence-electron chi connectivity index (χ0n) is 11.1. The van der Waals surface area contributed by atoms with Crippen LogP contribution in [0.2, 0.25) is 5.02 Å². The van der Waals surface area contributed by atoms with Gasteiger partial charge in [-0.05, 0) is 51.2 Å². The number of nitriles is 1. The molecule has 1 saturated heterocycles. The zero-order chi connectivity index (χ0) is 14.8. The molecule has 0 saturated carbocycles. The van der Waals surface area contributed by atoms with Crippen molar-refractivity contribution in [3.63, 3.8) is 0 Å². The Morgan fingerprint density at radius 2 is 2.05 bits per heavy atom. The van der Waals surface area contributed by atoms with Crippen molar-refractivity contribution in [1.82, 2.24) is 9.62 Å². The molecule has 1 aliphatic heterocycles. The summed E-state index contributed by atoms with van der Waals surface area (Å²) in [6.07, 6.45) is 1.54. The summed E-state index contributed by atoms with van der Waals surface area (Å²) < 4.78 is 27.4. The van der Waals surface area contributed by atoms with Gasteiger partial charge in [0.2, 0.25) is 10.0 Å². The summed E-state index contributed by atoms with van der Waals surface area (Å²) >= 11 is 5.94. The van der Waals surface area contributed by atoms with Crippen molar-refractivity contribution in [3.05, 3.63) is 28.8 Å². The van der Waals surface area contributed by atoms with Crippen LogP contribution in [0.25, 0.3) is 0 Å². The Hall–Kier alpha value is -1.13. The smallest absolute Gasteiger partial charge is 0.242 e. The summed E-state index contributed by atoms with van der Waals surface area (Å²) in [5.74, 6) is 0. The number of hydrogen-bond acceptors (Lipinski definition) is 4. The third kappa shape index (κ3) is 3.49. The Kier molecular flexibility index (Phi) is 4.66. The average molecular weight is 314 g/mol. The van der Waals surface area contributed by atoms with E-state index in [2.05, 4.69) is 9.62 Å². The zero-order valence-corrected chi connectivity index (χ0v) is 12.7. The number of rotatable bonds is 3. The molecule has 1 fully saturated rings. The topological polar surface area (TPSA) is 73.2 Å². The number of nitrogens with zero attached hydrogens (tertiary/aromatic N) is 2. The Balaban J connectivity index is 2.20. The number of sulfonamides is 1. The van der Waals surface area contributed by atoms with E-state index in [-0.39, 0.29) is 21.5 Å². The van der Waals surface area contributed by atoms with Crippen LogP contribution in [0.5, 0.6) is 0 Å². The maximum Gasteiger partial charge on any atom is 0.242 e. The minimum atomic E-state index is -3.69. The lowest BCUT2D eigenvalue weighted by Gasteiger charge is -2.29. The molecule has 1 N–H and O–H groups in total. The molecule has 7 heteroatoms. The van der Waals surface area contributed by atoms with Crippen molar-refractivity contribution >= 4 is 21.6 Å². The van der Waals surface area contributed by atoms with Crippen molar-refractivity contribution in [2.45, 2.75) is 23.8 Å². The second-order valence-electron chi connectivity index (χ2n) is 4.96. The highest BCUT2D eigenvalue weighted by atomic mass is 35.5. The van der Waals surface area contributed by atoms with Crippen LogP contribution < -0.4 is 4.72 Å². The largest absolute Gasteiger partial charge is 0.306 e. The average Bonchev–Trinajstić information content (AvgIpc) is 2.41. The predicted octanol–water partition coefficient (Wildman–Crippen LogP) is 1.58. The van der Waals surface area contributed by atoms with Crippen LogP contribution in [0.15, 0.2) is 23.1 Å². The number of hydrogen-bond donors (Lipinski definition) is 1. The Morgan fingerprint density at radius 3 is 2.65 bits per heavy atom. The van der Waals surface area contributed by atoms with Gasteiger partial charge >= 0.3 is 0 Å². The van der Waals surface area contributed by atoms with E-state index in [0.29, 0.717) is 0 Å². The molecule has 0 spiro atoms. The first kappa shape index (κ1) is 15.3. The first-order valence-electron chi connectivity index (χ1n) is 6.33. The lowest BCUT2D eigenvalue weighted by Crippen LogP contribution is -2.43. The van der Waals surface area contributed by atoms with E-state index in [0.717, 1.165) is 25.9 Å². The molecule has 0 bridgehead atoms. The quantitative estimate of drug-likeness (QED) is 0.919. The van der Waals surface area contributed by atoms with Crippen LogP contribution in [-0.2, 0) is 10.0 Å². The minimum absolute atomic E-state index is 0.0304. The summed E-state index contributed by atoms with van der Waals surface area (Å²) in [5.41, 5.74) is 0.276. The fraction of sp³-hybridized carbons (Fsp3) is 0.462. The third-order valence-corrected chi connectivity index (χ3v) is 5.39. The number of likely N-dealkylation sites (tertiary alicyclic amines) is 1. The number of benzene rings is 1.